The fraction of sp³-hybridized carbons (Fsp3) is 0.214. The van der Waals surface area contributed by atoms with Crippen LogP contribution in [-0.4, -0.2) is 10.6 Å². The van der Waals surface area contributed by atoms with Crippen LogP contribution in [0.2, 0.25) is 0 Å². The Bertz CT molecular complexity index is 574. The van der Waals surface area contributed by atoms with E-state index in [0.29, 0.717) is 0 Å². The van der Waals surface area contributed by atoms with E-state index in [2.05, 4.69) is 28.1 Å². The highest BCUT2D eigenvalue weighted by molar-refractivity contribution is 9.10. The minimum absolute atomic E-state index is 0.00108. The van der Waals surface area contributed by atoms with E-state index >= 15 is 0 Å². The van der Waals surface area contributed by atoms with Crippen LogP contribution in [0.3, 0.4) is 0 Å². The molecule has 0 amide bonds. The Kier molecular flexibility index (Phi) is 2.32. The number of rotatable bonds is 0. The van der Waals surface area contributed by atoms with Crippen molar-refractivity contribution in [1.29, 1.82) is 0 Å². The van der Waals surface area contributed by atoms with Crippen LogP contribution in [0.15, 0.2) is 36.4 Å². The summed E-state index contributed by atoms with van der Waals surface area (Å²) in [6, 6.07) is 12.3. The van der Waals surface area contributed by atoms with Crippen molar-refractivity contribution >= 4 is 32.5 Å². The van der Waals surface area contributed by atoms with Gasteiger partial charge in [0.15, 0.2) is 5.78 Å². The Labute approximate surface area is 103 Å². The van der Waals surface area contributed by atoms with Gasteiger partial charge in [-0.25, -0.2) is 0 Å². The largest absolute Gasteiger partial charge is 0.293 e. The molecule has 0 fully saturated rings. The molecule has 0 radical (unpaired) electrons. The molecule has 0 bridgehead atoms. The molecule has 2 heteroatoms. The number of aryl methyl sites for hydroxylation is 1. The van der Waals surface area contributed by atoms with Gasteiger partial charge in [-0.15, -0.1) is 0 Å². The normalized spacial score (nSPS) is 19.8. The van der Waals surface area contributed by atoms with E-state index in [9.17, 15) is 4.79 Å². The standard InChI is InChI=1S/C14H11BrO/c15-13-8-7-11-10-4-2-1-3-9(10)5-6-12(11)14(13)16/h1-6,13H,7-8H2. The molecule has 80 valence electrons. The van der Waals surface area contributed by atoms with Gasteiger partial charge >= 0.3 is 0 Å². The summed E-state index contributed by atoms with van der Waals surface area (Å²) < 4.78 is 0. The molecule has 0 spiro atoms. The molecule has 0 N–H and O–H groups in total. The quantitative estimate of drug-likeness (QED) is 0.669. The molecule has 1 nitrogen and oxygen atoms in total. The van der Waals surface area contributed by atoms with Crippen molar-refractivity contribution in [1.82, 2.24) is 0 Å². The lowest BCUT2D eigenvalue weighted by Crippen LogP contribution is -2.22. The summed E-state index contributed by atoms with van der Waals surface area (Å²) in [5.74, 6) is 0.229. The lowest BCUT2D eigenvalue weighted by Gasteiger charge is -2.20. The summed E-state index contributed by atoms with van der Waals surface area (Å²) in [6.07, 6.45) is 1.89. The number of halogens is 1. The Morgan fingerprint density at radius 3 is 2.81 bits per heavy atom. The summed E-state index contributed by atoms with van der Waals surface area (Å²) in [4.78, 5) is 12.0. The maximum absolute atomic E-state index is 12.0. The van der Waals surface area contributed by atoms with Crippen molar-refractivity contribution in [3.63, 3.8) is 0 Å². The summed E-state index contributed by atoms with van der Waals surface area (Å²) in [7, 11) is 0. The number of carbonyl (C=O) groups excluding carboxylic acids is 1. The molecular formula is C14H11BrO. The van der Waals surface area contributed by atoms with Crippen molar-refractivity contribution in [2.45, 2.75) is 17.7 Å². The Morgan fingerprint density at radius 1 is 1.12 bits per heavy atom. The molecule has 0 heterocycles. The first-order chi connectivity index (χ1) is 7.77. The SMILES string of the molecule is O=C1c2ccc3ccccc3c2CCC1Br. The van der Waals surface area contributed by atoms with Gasteiger partial charge < -0.3 is 0 Å². The summed E-state index contributed by atoms with van der Waals surface area (Å²) in [5, 5.41) is 2.45. The summed E-state index contributed by atoms with van der Waals surface area (Å²) in [6.45, 7) is 0. The fourth-order valence-electron chi connectivity index (χ4n) is 2.41. The molecule has 2 aromatic carbocycles. The van der Waals surface area contributed by atoms with Gasteiger partial charge in [0.2, 0.25) is 0 Å². The van der Waals surface area contributed by atoms with Gasteiger partial charge in [-0.05, 0) is 29.2 Å². The van der Waals surface area contributed by atoms with Crippen LogP contribution in [-0.2, 0) is 6.42 Å². The third kappa shape index (κ3) is 1.40. The molecule has 1 atom stereocenters. The molecule has 0 aromatic heterocycles. The Morgan fingerprint density at radius 2 is 1.94 bits per heavy atom. The molecule has 0 aliphatic heterocycles. The van der Waals surface area contributed by atoms with Gasteiger partial charge in [0.1, 0.15) is 0 Å². The first-order valence-electron chi connectivity index (χ1n) is 5.46. The van der Waals surface area contributed by atoms with Crippen LogP contribution in [0.1, 0.15) is 22.3 Å². The number of hydrogen-bond donors (Lipinski definition) is 0. The van der Waals surface area contributed by atoms with E-state index in [1.54, 1.807) is 0 Å². The van der Waals surface area contributed by atoms with E-state index in [0.717, 1.165) is 18.4 Å². The van der Waals surface area contributed by atoms with Crippen molar-refractivity contribution in [3.8, 4) is 0 Å². The molecule has 16 heavy (non-hydrogen) atoms. The van der Waals surface area contributed by atoms with Crippen LogP contribution in [0.25, 0.3) is 10.8 Å². The average molecular weight is 275 g/mol. The van der Waals surface area contributed by atoms with Crippen LogP contribution in [0.4, 0.5) is 0 Å². The number of benzene rings is 2. The number of alkyl halides is 1. The van der Waals surface area contributed by atoms with Gasteiger partial charge in [0.05, 0.1) is 4.83 Å². The minimum atomic E-state index is 0.00108. The van der Waals surface area contributed by atoms with Crippen molar-refractivity contribution in [2.24, 2.45) is 0 Å². The van der Waals surface area contributed by atoms with E-state index in [1.165, 1.54) is 16.3 Å². The zero-order valence-corrected chi connectivity index (χ0v) is 10.3. The molecule has 2 aromatic rings. The third-order valence-electron chi connectivity index (χ3n) is 3.24. The van der Waals surface area contributed by atoms with Crippen molar-refractivity contribution in [3.05, 3.63) is 47.5 Å². The molecule has 0 saturated heterocycles. The fourth-order valence-corrected chi connectivity index (χ4v) is 2.88. The predicted molar refractivity (Wildman–Crippen MR) is 69.3 cm³/mol. The van der Waals surface area contributed by atoms with E-state index in [4.69, 9.17) is 0 Å². The van der Waals surface area contributed by atoms with Crippen molar-refractivity contribution in [2.75, 3.05) is 0 Å². The molecule has 3 rings (SSSR count). The Balaban J connectivity index is 2.32. The van der Waals surface area contributed by atoms with Gasteiger partial charge in [-0.3, -0.25) is 4.79 Å². The topological polar surface area (TPSA) is 17.1 Å². The number of carbonyl (C=O) groups is 1. The molecule has 0 saturated carbocycles. The van der Waals surface area contributed by atoms with Gasteiger partial charge in [-0.1, -0.05) is 52.3 Å². The summed E-state index contributed by atoms with van der Waals surface area (Å²) >= 11 is 3.44. The highest BCUT2D eigenvalue weighted by Crippen LogP contribution is 2.31. The lowest BCUT2D eigenvalue weighted by molar-refractivity contribution is 0.0982. The second-order valence-corrected chi connectivity index (χ2v) is 5.29. The lowest BCUT2D eigenvalue weighted by atomic mass is 9.87. The maximum Gasteiger partial charge on any atom is 0.176 e. The van der Waals surface area contributed by atoms with Gasteiger partial charge in [0.25, 0.3) is 0 Å². The minimum Gasteiger partial charge on any atom is -0.293 e. The van der Waals surface area contributed by atoms with E-state index in [-0.39, 0.29) is 10.6 Å². The van der Waals surface area contributed by atoms with Gasteiger partial charge in [0, 0.05) is 5.56 Å². The Hall–Kier alpha value is -1.15. The first kappa shape index (κ1) is 10.0. The monoisotopic (exact) mass is 274 g/mol. The second kappa shape index (κ2) is 3.70. The van der Waals surface area contributed by atoms with Gasteiger partial charge in [-0.2, -0.15) is 0 Å². The summed E-state index contributed by atoms with van der Waals surface area (Å²) in [5.41, 5.74) is 2.12. The predicted octanol–water partition coefficient (Wildman–Crippen LogP) is 3.73. The third-order valence-corrected chi connectivity index (χ3v) is 4.11. The number of hydrogen-bond acceptors (Lipinski definition) is 1. The van der Waals surface area contributed by atoms with Crippen LogP contribution in [0, 0.1) is 0 Å². The second-order valence-electron chi connectivity index (χ2n) is 4.18. The molecule has 1 unspecified atom stereocenters. The number of fused-ring (bicyclic) bond motifs is 3. The zero-order chi connectivity index (χ0) is 11.1. The van der Waals surface area contributed by atoms with Crippen molar-refractivity contribution < 1.29 is 4.79 Å². The zero-order valence-electron chi connectivity index (χ0n) is 8.74. The highest BCUT2D eigenvalue weighted by atomic mass is 79.9. The molecule has 1 aliphatic carbocycles. The van der Waals surface area contributed by atoms with E-state index < -0.39 is 0 Å². The average Bonchev–Trinajstić information content (AvgIpc) is 2.33. The highest BCUT2D eigenvalue weighted by Gasteiger charge is 2.25. The number of ketones is 1. The number of Topliss-reactive ketones (excluding diaryl/α,β-unsaturated/α-hetero) is 1. The van der Waals surface area contributed by atoms with E-state index in [1.807, 2.05) is 24.3 Å². The van der Waals surface area contributed by atoms with Crippen LogP contribution in [0.5, 0.6) is 0 Å². The maximum atomic E-state index is 12.0. The molecule has 1 aliphatic rings. The van der Waals surface area contributed by atoms with Crippen LogP contribution >= 0.6 is 15.9 Å². The first-order valence-corrected chi connectivity index (χ1v) is 6.38. The smallest absolute Gasteiger partial charge is 0.176 e. The molecular weight excluding hydrogens is 264 g/mol. The van der Waals surface area contributed by atoms with Crippen LogP contribution < -0.4 is 0 Å².